The number of hydrazine groups is 1. The minimum Gasteiger partial charge on any atom is -0.495 e. The number of nitroso groups, excluding NO2 is 1. The minimum atomic E-state index is 0.104. The average Bonchev–Trinajstić information content (AvgIpc) is 2.84. The summed E-state index contributed by atoms with van der Waals surface area (Å²) >= 11 is 0. The van der Waals surface area contributed by atoms with E-state index in [4.69, 9.17) is 4.74 Å². The second-order valence-electron chi connectivity index (χ2n) is 9.39. The zero-order valence-electron chi connectivity index (χ0n) is 19.6. The van der Waals surface area contributed by atoms with Gasteiger partial charge in [-0.2, -0.15) is 0 Å². The fraction of sp³-hybridized carbons (Fsp3) is 0.520. The van der Waals surface area contributed by atoms with E-state index in [0.29, 0.717) is 24.9 Å². The number of nitrogens with zero attached hydrogens (tertiary/aromatic N) is 4. The molecule has 2 N–H and O–H groups in total. The Labute approximate surface area is 196 Å². The highest BCUT2D eigenvalue weighted by Gasteiger charge is 2.44. The molecule has 3 unspecified atom stereocenters. The second kappa shape index (κ2) is 9.57. The normalized spacial score (nSPS) is 27.3. The summed E-state index contributed by atoms with van der Waals surface area (Å²) < 4.78 is 6.73. The van der Waals surface area contributed by atoms with Crippen LogP contribution in [0.25, 0.3) is 0 Å². The first-order valence-corrected chi connectivity index (χ1v) is 12.0. The summed E-state index contributed by atoms with van der Waals surface area (Å²) in [5, 5.41) is 5.67. The number of hydrogen-bond acceptors (Lipinski definition) is 7. The van der Waals surface area contributed by atoms with Gasteiger partial charge in [-0.3, -0.25) is 9.91 Å². The highest BCUT2D eigenvalue weighted by atomic mass is 16.5. The minimum absolute atomic E-state index is 0.104. The standard InChI is InChI=1S/C25H35N6O2/c1-19-16-30(32)17-20-18-31(25-21(24(19)20)6-5-9-26-25)27-10-11-28-12-14-29(15-13-28)22-7-3-4-8-23(22)33-2/h3-9,18-19,24-27H,10-17H2,1-2H3/q+1. The maximum absolute atomic E-state index is 12.2. The Balaban J connectivity index is 1.17. The number of allylic oxidation sites excluding steroid dienone is 2. The molecule has 4 aliphatic heterocycles. The van der Waals surface area contributed by atoms with Crippen LogP contribution in [0.15, 0.2) is 60.0 Å². The van der Waals surface area contributed by atoms with Gasteiger partial charge in [-0.15, -0.1) is 0 Å². The van der Waals surface area contributed by atoms with E-state index in [1.165, 1.54) is 21.6 Å². The van der Waals surface area contributed by atoms with E-state index in [2.05, 4.69) is 63.0 Å². The van der Waals surface area contributed by atoms with Gasteiger partial charge in [0.15, 0.2) is 6.54 Å². The van der Waals surface area contributed by atoms with Gasteiger partial charge in [0.05, 0.1) is 12.8 Å². The Hall–Kier alpha value is -2.84. The molecule has 0 spiro atoms. The molecule has 0 aliphatic carbocycles. The zero-order valence-corrected chi connectivity index (χ0v) is 19.6. The first-order chi connectivity index (χ1) is 16.1. The number of piperazine rings is 1. The van der Waals surface area contributed by atoms with Crippen molar-refractivity contribution in [3.05, 3.63) is 64.9 Å². The van der Waals surface area contributed by atoms with Gasteiger partial charge in [0.2, 0.25) is 6.54 Å². The number of dihydropyridines is 1. The van der Waals surface area contributed by atoms with Crippen LogP contribution in [0.4, 0.5) is 5.69 Å². The maximum Gasteiger partial charge on any atom is 0.215 e. The third-order valence-electron chi connectivity index (χ3n) is 7.24. The summed E-state index contributed by atoms with van der Waals surface area (Å²) in [7, 11) is 1.74. The lowest BCUT2D eigenvalue weighted by molar-refractivity contribution is -0.557. The number of ether oxygens (including phenoxy) is 1. The summed E-state index contributed by atoms with van der Waals surface area (Å²) in [4.78, 5) is 17.1. The van der Waals surface area contributed by atoms with Crippen LogP contribution in [0, 0.1) is 16.7 Å². The van der Waals surface area contributed by atoms with Crippen molar-refractivity contribution in [2.45, 2.75) is 13.1 Å². The summed E-state index contributed by atoms with van der Waals surface area (Å²) in [6.07, 6.45) is 8.57. The van der Waals surface area contributed by atoms with Crippen LogP contribution in [0.3, 0.4) is 0 Å². The quantitative estimate of drug-likeness (QED) is 0.641. The molecule has 0 amide bonds. The predicted molar refractivity (Wildman–Crippen MR) is 130 cm³/mol. The first kappa shape index (κ1) is 22.0. The number of benzene rings is 1. The fourth-order valence-electron chi connectivity index (χ4n) is 5.66. The van der Waals surface area contributed by atoms with Crippen molar-refractivity contribution < 1.29 is 9.50 Å². The number of piperidine rings is 1. The number of para-hydroxylation sites is 2. The van der Waals surface area contributed by atoms with Gasteiger partial charge >= 0.3 is 0 Å². The van der Waals surface area contributed by atoms with Crippen LogP contribution < -0.4 is 20.4 Å². The van der Waals surface area contributed by atoms with Gasteiger partial charge in [0.25, 0.3) is 0 Å². The molecule has 2 saturated heterocycles. The Kier molecular flexibility index (Phi) is 6.37. The van der Waals surface area contributed by atoms with E-state index < -0.39 is 0 Å². The molecule has 0 bridgehead atoms. The lowest BCUT2D eigenvalue weighted by atomic mass is 9.75. The van der Waals surface area contributed by atoms with Gasteiger partial charge < -0.3 is 15.0 Å². The lowest BCUT2D eigenvalue weighted by Gasteiger charge is -2.44. The molecule has 4 heterocycles. The molecule has 33 heavy (non-hydrogen) atoms. The zero-order chi connectivity index (χ0) is 22.8. The Morgan fingerprint density at radius 1 is 1.21 bits per heavy atom. The van der Waals surface area contributed by atoms with Crippen molar-refractivity contribution >= 4 is 5.69 Å². The molecule has 176 valence electrons. The van der Waals surface area contributed by atoms with E-state index in [1.807, 2.05) is 18.3 Å². The summed E-state index contributed by atoms with van der Waals surface area (Å²) in [5.74, 6) is 1.61. The van der Waals surface area contributed by atoms with Gasteiger partial charge in [-0.1, -0.05) is 25.1 Å². The summed E-state index contributed by atoms with van der Waals surface area (Å²) in [6.45, 7) is 9.16. The molecule has 0 aromatic heterocycles. The van der Waals surface area contributed by atoms with E-state index in [9.17, 15) is 4.91 Å². The molecule has 3 atom stereocenters. The van der Waals surface area contributed by atoms with E-state index in [0.717, 1.165) is 45.0 Å². The van der Waals surface area contributed by atoms with E-state index in [1.54, 1.807) is 7.11 Å². The molecule has 1 aromatic carbocycles. The fourth-order valence-corrected chi connectivity index (χ4v) is 5.66. The smallest absolute Gasteiger partial charge is 0.215 e. The average molecular weight is 452 g/mol. The van der Waals surface area contributed by atoms with Gasteiger partial charge in [0.1, 0.15) is 11.9 Å². The molecular weight excluding hydrogens is 416 g/mol. The van der Waals surface area contributed by atoms with Crippen molar-refractivity contribution in [2.75, 3.05) is 64.4 Å². The van der Waals surface area contributed by atoms with Crippen molar-refractivity contribution in [3.63, 3.8) is 0 Å². The highest BCUT2D eigenvalue weighted by molar-refractivity contribution is 5.58. The van der Waals surface area contributed by atoms with Gasteiger partial charge in [-0.05, 0) is 30.0 Å². The van der Waals surface area contributed by atoms with Crippen molar-refractivity contribution in [3.8, 4) is 5.75 Å². The number of hydrogen-bond donors (Lipinski definition) is 2. The lowest BCUT2D eigenvalue weighted by Crippen LogP contribution is -2.57. The summed E-state index contributed by atoms with van der Waals surface area (Å²) in [6, 6.07) is 8.25. The second-order valence-corrected chi connectivity index (χ2v) is 9.39. The third-order valence-corrected chi connectivity index (χ3v) is 7.24. The number of methoxy groups -OCH3 is 1. The Morgan fingerprint density at radius 3 is 2.85 bits per heavy atom. The molecule has 8 heteroatoms. The largest absolute Gasteiger partial charge is 0.495 e. The van der Waals surface area contributed by atoms with Gasteiger partial charge in [-0.25, -0.2) is 5.43 Å². The first-order valence-electron chi connectivity index (χ1n) is 12.0. The molecule has 2 fully saturated rings. The molecule has 4 aliphatic rings. The monoisotopic (exact) mass is 451 g/mol. The van der Waals surface area contributed by atoms with Crippen LogP contribution in [0.5, 0.6) is 5.75 Å². The van der Waals surface area contributed by atoms with E-state index >= 15 is 0 Å². The van der Waals surface area contributed by atoms with Crippen LogP contribution in [-0.4, -0.2) is 80.3 Å². The molecule has 8 nitrogen and oxygen atoms in total. The van der Waals surface area contributed by atoms with Crippen molar-refractivity contribution in [1.82, 2.24) is 20.7 Å². The van der Waals surface area contributed by atoms with Crippen molar-refractivity contribution in [2.24, 2.45) is 11.8 Å². The predicted octanol–water partition coefficient (Wildman–Crippen LogP) is 1.94. The van der Waals surface area contributed by atoms with Crippen LogP contribution in [0.1, 0.15) is 6.92 Å². The van der Waals surface area contributed by atoms with Crippen molar-refractivity contribution in [1.29, 1.82) is 0 Å². The Bertz CT molecular complexity index is 965. The van der Waals surface area contributed by atoms with Crippen LogP contribution in [0.2, 0.25) is 0 Å². The number of nitrogens with one attached hydrogen (secondary N) is 2. The highest BCUT2D eigenvalue weighted by Crippen LogP contribution is 2.39. The molecular formula is C25H35N6O2+. The topological polar surface area (TPSA) is 63.1 Å². The molecule has 1 aromatic rings. The SMILES string of the molecule is COc1ccccc1N1CCN(CCNN2C=C3C[N+](=O)CC(C)C3C3=CC=CNC32)CC1. The molecule has 0 saturated carbocycles. The van der Waals surface area contributed by atoms with E-state index in [-0.39, 0.29) is 6.17 Å². The van der Waals surface area contributed by atoms with Gasteiger partial charge in [0, 0.05) is 72.5 Å². The Morgan fingerprint density at radius 2 is 2.03 bits per heavy atom. The van der Waals surface area contributed by atoms with Crippen LogP contribution in [-0.2, 0) is 0 Å². The molecule has 5 rings (SSSR count). The number of anilines is 1. The third kappa shape index (κ3) is 4.50. The molecule has 0 radical (unpaired) electrons. The maximum atomic E-state index is 12.2. The van der Waals surface area contributed by atoms with Crippen LogP contribution >= 0.6 is 0 Å². The summed E-state index contributed by atoms with van der Waals surface area (Å²) in [5.41, 5.74) is 7.36. The number of fused-ring (bicyclic) bond motifs is 3. The number of rotatable bonds is 6.